The first-order chi connectivity index (χ1) is 8.40. The van der Waals surface area contributed by atoms with Crippen LogP contribution in [0.4, 0.5) is 4.79 Å². The number of methoxy groups -OCH3 is 1. The molecule has 106 valence electrons. The van der Waals surface area contributed by atoms with Crippen LogP contribution >= 0.6 is 0 Å². The highest BCUT2D eigenvalue weighted by molar-refractivity contribution is 5.82. The Labute approximate surface area is 108 Å². The molecule has 6 heteroatoms. The lowest BCUT2D eigenvalue weighted by molar-refractivity contribution is -0.139. The second-order valence-corrected chi connectivity index (χ2v) is 4.70. The van der Waals surface area contributed by atoms with E-state index in [-0.39, 0.29) is 12.0 Å². The summed E-state index contributed by atoms with van der Waals surface area (Å²) in [5, 5.41) is 14.2. The van der Waals surface area contributed by atoms with E-state index in [0.717, 1.165) is 6.42 Å². The number of hydrogen-bond acceptors (Lipinski definition) is 3. The fourth-order valence-corrected chi connectivity index (χ4v) is 1.54. The van der Waals surface area contributed by atoms with Gasteiger partial charge in [-0.15, -0.1) is 0 Å². The van der Waals surface area contributed by atoms with E-state index in [1.54, 1.807) is 7.11 Å². The average Bonchev–Trinajstić information content (AvgIpc) is 2.26. The van der Waals surface area contributed by atoms with E-state index in [1.165, 1.54) is 0 Å². The zero-order valence-corrected chi connectivity index (χ0v) is 11.5. The Bertz CT molecular complexity index is 269. The number of rotatable bonds is 8. The van der Waals surface area contributed by atoms with E-state index < -0.39 is 18.0 Å². The molecule has 0 spiro atoms. The minimum Gasteiger partial charge on any atom is -0.480 e. The summed E-state index contributed by atoms with van der Waals surface area (Å²) in [6.07, 6.45) is 1.13. The van der Waals surface area contributed by atoms with Crippen molar-refractivity contribution in [2.75, 3.05) is 13.7 Å². The third kappa shape index (κ3) is 7.11. The van der Waals surface area contributed by atoms with Gasteiger partial charge >= 0.3 is 12.0 Å². The largest absolute Gasteiger partial charge is 0.480 e. The number of hydrogen-bond donors (Lipinski definition) is 3. The Balaban J connectivity index is 4.28. The van der Waals surface area contributed by atoms with Crippen molar-refractivity contribution < 1.29 is 19.4 Å². The number of ether oxygens (including phenoxy) is 1. The lowest BCUT2D eigenvalue weighted by Gasteiger charge is -2.20. The molecule has 0 aliphatic rings. The van der Waals surface area contributed by atoms with Crippen LogP contribution in [0.1, 0.15) is 33.6 Å². The molecule has 0 aromatic rings. The standard InChI is InChI=1S/C12H24N2O4/c1-5-9(7-18-4)13-12(17)14-10(11(15)16)6-8(2)3/h8-10H,5-7H2,1-4H3,(H,15,16)(H2,13,14,17)/t9?,10-/m1/s1. The van der Waals surface area contributed by atoms with Crippen LogP contribution in [0, 0.1) is 5.92 Å². The van der Waals surface area contributed by atoms with Gasteiger partial charge in [0.15, 0.2) is 0 Å². The fourth-order valence-electron chi connectivity index (χ4n) is 1.54. The smallest absolute Gasteiger partial charge is 0.326 e. The molecule has 0 rings (SSSR count). The van der Waals surface area contributed by atoms with Crippen LogP contribution in [0.2, 0.25) is 0 Å². The van der Waals surface area contributed by atoms with Crippen molar-refractivity contribution in [3.8, 4) is 0 Å². The van der Waals surface area contributed by atoms with Gasteiger partial charge < -0.3 is 20.5 Å². The third-order valence-electron chi connectivity index (χ3n) is 2.51. The van der Waals surface area contributed by atoms with Gasteiger partial charge in [-0.3, -0.25) is 0 Å². The Kier molecular flexibility index (Phi) is 8.11. The summed E-state index contributed by atoms with van der Waals surface area (Å²) in [5.74, 6) is -0.814. The monoisotopic (exact) mass is 260 g/mol. The van der Waals surface area contributed by atoms with Crippen molar-refractivity contribution in [2.24, 2.45) is 5.92 Å². The number of nitrogens with one attached hydrogen (secondary N) is 2. The summed E-state index contributed by atoms with van der Waals surface area (Å²) in [5.41, 5.74) is 0. The van der Waals surface area contributed by atoms with Crippen LogP contribution in [0.5, 0.6) is 0 Å². The van der Waals surface area contributed by atoms with Crippen LogP contribution in [0.25, 0.3) is 0 Å². The van der Waals surface area contributed by atoms with Crippen LogP contribution in [-0.2, 0) is 9.53 Å². The van der Waals surface area contributed by atoms with Gasteiger partial charge in [-0.05, 0) is 18.8 Å². The van der Waals surface area contributed by atoms with Gasteiger partial charge in [0.05, 0.1) is 12.6 Å². The average molecular weight is 260 g/mol. The number of carboxylic acid groups (broad SMARTS) is 1. The molecular weight excluding hydrogens is 236 g/mol. The van der Waals surface area contributed by atoms with Gasteiger partial charge in [0.1, 0.15) is 6.04 Å². The molecule has 0 aromatic carbocycles. The SMILES string of the molecule is CCC(COC)NC(=O)N[C@H](CC(C)C)C(=O)O. The molecule has 0 aliphatic heterocycles. The summed E-state index contributed by atoms with van der Waals surface area (Å²) in [4.78, 5) is 22.6. The molecule has 0 aromatic heterocycles. The highest BCUT2D eigenvalue weighted by atomic mass is 16.5. The lowest BCUT2D eigenvalue weighted by Crippen LogP contribution is -2.50. The first-order valence-electron chi connectivity index (χ1n) is 6.19. The van der Waals surface area contributed by atoms with E-state index in [9.17, 15) is 9.59 Å². The second kappa shape index (κ2) is 8.74. The van der Waals surface area contributed by atoms with Crippen LogP contribution in [-0.4, -0.2) is 42.9 Å². The fraction of sp³-hybridized carbons (Fsp3) is 0.833. The maximum atomic E-state index is 11.6. The number of urea groups is 1. The van der Waals surface area contributed by atoms with Gasteiger partial charge in [0, 0.05) is 7.11 Å². The maximum Gasteiger partial charge on any atom is 0.326 e. The van der Waals surface area contributed by atoms with Crippen molar-refractivity contribution in [3.63, 3.8) is 0 Å². The molecule has 0 heterocycles. The number of amides is 2. The maximum absolute atomic E-state index is 11.6. The van der Waals surface area contributed by atoms with Crippen molar-refractivity contribution >= 4 is 12.0 Å². The molecule has 2 atom stereocenters. The normalized spacial score (nSPS) is 14.1. The molecule has 0 radical (unpaired) electrons. The molecule has 0 saturated carbocycles. The molecule has 3 N–H and O–H groups in total. The van der Waals surface area contributed by atoms with E-state index >= 15 is 0 Å². The second-order valence-electron chi connectivity index (χ2n) is 4.70. The van der Waals surface area contributed by atoms with Crippen LogP contribution in [0.3, 0.4) is 0 Å². The molecule has 0 bridgehead atoms. The first kappa shape index (κ1) is 16.7. The van der Waals surface area contributed by atoms with Gasteiger partial charge in [0.25, 0.3) is 0 Å². The Hall–Kier alpha value is -1.30. The molecule has 6 nitrogen and oxygen atoms in total. The summed E-state index contributed by atoms with van der Waals surface area (Å²) in [6, 6.07) is -1.43. The molecule has 18 heavy (non-hydrogen) atoms. The molecule has 0 saturated heterocycles. The van der Waals surface area contributed by atoms with Crippen molar-refractivity contribution in [1.29, 1.82) is 0 Å². The third-order valence-corrected chi connectivity index (χ3v) is 2.51. The summed E-state index contributed by atoms with van der Waals surface area (Å²) in [6.45, 7) is 6.16. The molecule has 0 fully saturated rings. The van der Waals surface area contributed by atoms with Crippen LogP contribution in [0.15, 0.2) is 0 Å². The van der Waals surface area contributed by atoms with E-state index in [2.05, 4.69) is 10.6 Å². The number of carbonyl (C=O) groups excluding carboxylic acids is 1. The zero-order chi connectivity index (χ0) is 14.1. The van der Waals surface area contributed by atoms with Gasteiger partial charge in [-0.2, -0.15) is 0 Å². The summed E-state index contributed by atoms with van der Waals surface area (Å²) in [7, 11) is 1.56. The van der Waals surface area contributed by atoms with Gasteiger partial charge in [-0.25, -0.2) is 9.59 Å². The Morgan fingerprint density at radius 2 is 1.89 bits per heavy atom. The van der Waals surface area contributed by atoms with Gasteiger partial charge in [0.2, 0.25) is 0 Å². The first-order valence-corrected chi connectivity index (χ1v) is 6.19. The van der Waals surface area contributed by atoms with Crippen molar-refractivity contribution in [1.82, 2.24) is 10.6 Å². The van der Waals surface area contributed by atoms with E-state index in [1.807, 2.05) is 20.8 Å². The van der Waals surface area contributed by atoms with Crippen molar-refractivity contribution in [2.45, 2.75) is 45.7 Å². The number of carbonyl (C=O) groups is 2. The Morgan fingerprint density at radius 3 is 2.28 bits per heavy atom. The molecule has 0 aliphatic carbocycles. The highest BCUT2D eigenvalue weighted by Gasteiger charge is 2.21. The topological polar surface area (TPSA) is 87.7 Å². The molecule has 1 unspecified atom stereocenters. The van der Waals surface area contributed by atoms with Crippen LogP contribution < -0.4 is 10.6 Å². The van der Waals surface area contributed by atoms with Crippen molar-refractivity contribution in [3.05, 3.63) is 0 Å². The number of carboxylic acids is 1. The summed E-state index contributed by atoms with van der Waals surface area (Å²) >= 11 is 0. The quantitative estimate of drug-likeness (QED) is 0.612. The number of aliphatic carboxylic acids is 1. The Morgan fingerprint density at radius 1 is 1.28 bits per heavy atom. The molecular formula is C12H24N2O4. The predicted octanol–water partition coefficient (Wildman–Crippen LogP) is 1.21. The molecule has 2 amide bonds. The van der Waals surface area contributed by atoms with Gasteiger partial charge in [-0.1, -0.05) is 20.8 Å². The minimum absolute atomic E-state index is 0.108. The van der Waals surface area contributed by atoms with E-state index in [0.29, 0.717) is 13.0 Å². The minimum atomic E-state index is -1.02. The zero-order valence-electron chi connectivity index (χ0n) is 11.5. The summed E-state index contributed by atoms with van der Waals surface area (Å²) < 4.78 is 4.95. The lowest BCUT2D eigenvalue weighted by atomic mass is 10.0. The predicted molar refractivity (Wildman–Crippen MR) is 68.5 cm³/mol. The highest BCUT2D eigenvalue weighted by Crippen LogP contribution is 2.05. The van der Waals surface area contributed by atoms with E-state index in [4.69, 9.17) is 9.84 Å².